The van der Waals surface area contributed by atoms with Gasteiger partial charge in [-0.15, -0.1) is 0 Å². The van der Waals surface area contributed by atoms with Crippen LogP contribution >= 0.6 is 0 Å². The Kier molecular flexibility index (Phi) is 2.64. The monoisotopic (exact) mass is 290 g/mol. The van der Waals surface area contributed by atoms with Crippen molar-refractivity contribution in [3.63, 3.8) is 0 Å². The number of hydrogen-bond acceptors (Lipinski definition) is 2. The van der Waals surface area contributed by atoms with E-state index in [4.69, 9.17) is 9.97 Å². The second kappa shape index (κ2) is 4.44. The molecule has 4 nitrogen and oxygen atoms in total. The molecule has 4 rings (SSSR count). The number of aromatic amines is 2. The van der Waals surface area contributed by atoms with E-state index in [9.17, 15) is 0 Å². The van der Waals surface area contributed by atoms with Crippen LogP contribution in [0.25, 0.3) is 33.7 Å². The van der Waals surface area contributed by atoms with Crippen LogP contribution < -0.4 is 0 Å². The Hall–Kier alpha value is -2.62. The lowest BCUT2D eigenvalue weighted by Gasteiger charge is -1.96. The minimum absolute atomic E-state index is 0.794. The van der Waals surface area contributed by atoms with E-state index < -0.39 is 0 Å². The first-order valence-corrected chi connectivity index (χ1v) is 7.47. The van der Waals surface area contributed by atoms with E-state index in [1.165, 1.54) is 22.3 Å². The highest BCUT2D eigenvalue weighted by atomic mass is 15.0. The maximum Gasteiger partial charge on any atom is 0.174 e. The third-order valence-electron chi connectivity index (χ3n) is 4.33. The maximum atomic E-state index is 4.75. The minimum Gasteiger partial charge on any atom is -0.335 e. The zero-order chi connectivity index (χ0) is 15.4. The molecule has 0 spiro atoms. The van der Waals surface area contributed by atoms with Crippen LogP contribution in [0, 0.1) is 27.7 Å². The number of imidazole rings is 2. The van der Waals surface area contributed by atoms with E-state index in [0.29, 0.717) is 0 Å². The molecule has 4 heteroatoms. The van der Waals surface area contributed by atoms with Crippen LogP contribution in [-0.2, 0) is 0 Å². The number of H-pyrrole nitrogens is 2. The normalized spacial score (nSPS) is 11.6. The fourth-order valence-electron chi connectivity index (χ4n) is 2.94. The first-order chi connectivity index (χ1) is 10.5. The van der Waals surface area contributed by atoms with Gasteiger partial charge in [0.2, 0.25) is 0 Å². The zero-order valence-electron chi connectivity index (χ0n) is 13.2. The first kappa shape index (κ1) is 13.1. The zero-order valence-corrected chi connectivity index (χ0v) is 13.2. The van der Waals surface area contributed by atoms with Gasteiger partial charge in [0.15, 0.2) is 11.6 Å². The van der Waals surface area contributed by atoms with Gasteiger partial charge in [0.25, 0.3) is 0 Å². The summed E-state index contributed by atoms with van der Waals surface area (Å²) in [5.41, 5.74) is 8.95. The molecule has 0 radical (unpaired) electrons. The molecule has 2 aromatic carbocycles. The van der Waals surface area contributed by atoms with Gasteiger partial charge in [0, 0.05) is 0 Å². The van der Waals surface area contributed by atoms with Crippen molar-refractivity contribution in [2.45, 2.75) is 27.7 Å². The molecule has 2 heterocycles. The predicted molar refractivity (Wildman–Crippen MR) is 90.1 cm³/mol. The standard InChI is InChI=1S/C18H18N4/c1-9-5-6-10(2)14-13(9)19-17(20-14)18-21-15-11(3)7-8-12(4)16(15)22-18/h5-8H,1-4H3,(H,19,20)(H,21,22). The molecule has 0 aliphatic rings. The summed E-state index contributed by atoms with van der Waals surface area (Å²) >= 11 is 0. The number of aromatic nitrogens is 4. The van der Waals surface area contributed by atoms with Gasteiger partial charge >= 0.3 is 0 Å². The molecule has 0 fully saturated rings. The van der Waals surface area contributed by atoms with Crippen molar-refractivity contribution in [2.75, 3.05) is 0 Å². The second-order valence-electron chi connectivity index (χ2n) is 6.02. The summed E-state index contributed by atoms with van der Waals surface area (Å²) in [4.78, 5) is 16.3. The van der Waals surface area contributed by atoms with Crippen molar-refractivity contribution in [1.82, 2.24) is 19.9 Å². The van der Waals surface area contributed by atoms with Crippen LogP contribution in [0.4, 0.5) is 0 Å². The van der Waals surface area contributed by atoms with Crippen LogP contribution in [-0.4, -0.2) is 19.9 Å². The van der Waals surface area contributed by atoms with Crippen molar-refractivity contribution in [3.8, 4) is 11.6 Å². The van der Waals surface area contributed by atoms with Crippen molar-refractivity contribution in [1.29, 1.82) is 0 Å². The molecule has 22 heavy (non-hydrogen) atoms. The lowest BCUT2D eigenvalue weighted by Crippen LogP contribution is -1.82. The largest absolute Gasteiger partial charge is 0.335 e. The average Bonchev–Trinajstić information content (AvgIpc) is 3.12. The Labute approximate surface area is 128 Å². The van der Waals surface area contributed by atoms with Crippen molar-refractivity contribution >= 4 is 22.1 Å². The van der Waals surface area contributed by atoms with Crippen molar-refractivity contribution in [2.24, 2.45) is 0 Å². The number of hydrogen-bond donors (Lipinski definition) is 2. The highest BCUT2D eigenvalue weighted by molar-refractivity contribution is 5.87. The van der Waals surface area contributed by atoms with Crippen LogP contribution in [0.15, 0.2) is 24.3 Å². The van der Waals surface area contributed by atoms with Gasteiger partial charge in [-0.05, 0) is 49.9 Å². The fraction of sp³-hybridized carbons (Fsp3) is 0.222. The van der Waals surface area contributed by atoms with Gasteiger partial charge < -0.3 is 9.97 Å². The Bertz CT molecular complexity index is 859. The minimum atomic E-state index is 0.794. The Balaban J connectivity index is 1.99. The molecule has 0 atom stereocenters. The number of nitrogens with one attached hydrogen (secondary N) is 2. The molecule has 2 aromatic heterocycles. The highest BCUT2D eigenvalue weighted by Crippen LogP contribution is 2.27. The molecule has 4 aromatic rings. The van der Waals surface area contributed by atoms with Crippen LogP contribution in [0.3, 0.4) is 0 Å². The van der Waals surface area contributed by atoms with E-state index >= 15 is 0 Å². The van der Waals surface area contributed by atoms with Crippen LogP contribution in [0.2, 0.25) is 0 Å². The molecular formula is C18H18N4. The van der Waals surface area contributed by atoms with E-state index in [1.54, 1.807) is 0 Å². The molecule has 110 valence electrons. The molecule has 0 saturated carbocycles. The quantitative estimate of drug-likeness (QED) is 0.548. The number of aryl methyl sites for hydroxylation is 4. The molecule has 0 bridgehead atoms. The lowest BCUT2D eigenvalue weighted by atomic mass is 10.1. The summed E-state index contributed by atoms with van der Waals surface area (Å²) in [6.07, 6.45) is 0. The number of nitrogens with zero attached hydrogens (tertiary/aromatic N) is 2. The van der Waals surface area contributed by atoms with Crippen LogP contribution in [0.1, 0.15) is 22.3 Å². The molecule has 0 amide bonds. The van der Waals surface area contributed by atoms with Crippen LogP contribution in [0.5, 0.6) is 0 Å². The molecule has 0 aliphatic heterocycles. The third-order valence-corrected chi connectivity index (χ3v) is 4.33. The summed E-state index contributed by atoms with van der Waals surface area (Å²) in [6.45, 7) is 8.35. The number of benzene rings is 2. The van der Waals surface area contributed by atoms with Gasteiger partial charge in [0.1, 0.15) is 0 Å². The fourth-order valence-corrected chi connectivity index (χ4v) is 2.94. The Morgan fingerprint density at radius 1 is 0.591 bits per heavy atom. The molecule has 0 aliphatic carbocycles. The third kappa shape index (κ3) is 1.77. The Morgan fingerprint density at radius 3 is 1.32 bits per heavy atom. The molecule has 2 N–H and O–H groups in total. The average molecular weight is 290 g/mol. The summed E-state index contributed by atoms with van der Waals surface area (Å²) < 4.78 is 0. The second-order valence-corrected chi connectivity index (χ2v) is 6.02. The summed E-state index contributed by atoms with van der Waals surface area (Å²) in [6, 6.07) is 8.45. The van der Waals surface area contributed by atoms with E-state index in [0.717, 1.165) is 33.7 Å². The molecule has 0 unspecified atom stereocenters. The topological polar surface area (TPSA) is 57.4 Å². The van der Waals surface area contributed by atoms with Gasteiger partial charge in [-0.1, -0.05) is 24.3 Å². The van der Waals surface area contributed by atoms with Gasteiger partial charge in [0.05, 0.1) is 22.1 Å². The SMILES string of the molecule is Cc1ccc(C)c2[nH]c(-c3nc4c(C)ccc(C)c4[nH]3)nc12. The smallest absolute Gasteiger partial charge is 0.174 e. The summed E-state index contributed by atoms with van der Waals surface area (Å²) in [5, 5.41) is 0. The number of rotatable bonds is 1. The van der Waals surface area contributed by atoms with Crippen molar-refractivity contribution in [3.05, 3.63) is 46.5 Å². The number of fused-ring (bicyclic) bond motifs is 2. The maximum absolute atomic E-state index is 4.75. The lowest BCUT2D eigenvalue weighted by molar-refractivity contribution is 1.22. The predicted octanol–water partition coefficient (Wildman–Crippen LogP) is 4.34. The highest BCUT2D eigenvalue weighted by Gasteiger charge is 2.14. The first-order valence-electron chi connectivity index (χ1n) is 7.47. The molecule has 0 saturated heterocycles. The van der Waals surface area contributed by atoms with E-state index in [1.807, 2.05) is 0 Å². The van der Waals surface area contributed by atoms with Gasteiger partial charge in [-0.3, -0.25) is 0 Å². The van der Waals surface area contributed by atoms with Crippen molar-refractivity contribution < 1.29 is 0 Å². The Morgan fingerprint density at radius 2 is 0.955 bits per heavy atom. The van der Waals surface area contributed by atoms with E-state index in [-0.39, 0.29) is 0 Å². The molecular weight excluding hydrogens is 272 g/mol. The van der Waals surface area contributed by atoms with E-state index in [2.05, 4.69) is 61.9 Å². The van der Waals surface area contributed by atoms with Gasteiger partial charge in [-0.25, -0.2) is 9.97 Å². The van der Waals surface area contributed by atoms with Gasteiger partial charge in [-0.2, -0.15) is 0 Å². The summed E-state index contributed by atoms with van der Waals surface area (Å²) in [5.74, 6) is 1.59. The summed E-state index contributed by atoms with van der Waals surface area (Å²) in [7, 11) is 0.